The number of alkyl halides is 3. The van der Waals surface area contributed by atoms with Crippen LogP contribution in [0.5, 0.6) is 0 Å². The zero-order valence-electron chi connectivity index (χ0n) is 12.5. The van der Waals surface area contributed by atoms with Crippen molar-refractivity contribution in [2.45, 2.75) is 6.18 Å². The molecule has 1 aliphatic heterocycles. The first kappa shape index (κ1) is 17.6. The normalized spacial score (nSPS) is 18.0. The Morgan fingerprint density at radius 2 is 1.76 bits per heavy atom. The van der Waals surface area contributed by atoms with Crippen molar-refractivity contribution in [1.29, 1.82) is 0 Å². The van der Waals surface area contributed by atoms with Gasteiger partial charge in [0.05, 0.1) is 16.2 Å². The molecule has 0 unspecified atom stereocenters. The Morgan fingerprint density at radius 3 is 2.48 bits per heavy atom. The van der Waals surface area contributed by atoms with Crippen molar-refractivity contribution in [2.75, 3.05) is 0 Å². The molecule has 2 aromatic rings. The summed E-state index contributed by atoms with van der Waals surface area (Å²) in [5.41, 5.74) is -0.476. The summed E-state index contributed by atoms with van der Waals surface area (Å²) in [6, 6.07) is 11.9. The van der Waals surface area contributed by atoms with Crippen molar-refractivity contribution in [3.05, 3.63) is 69.6 Å². The van der Waals surface area contributed by atoms with Crippen molar-refractivity contribution >= 4 is 46.2 Å². The van der Waals surface area contributed by atoms with E-state index in [9.17, 15) is 18.0 Å². The van der Waals surface area contributed by atoms with E-state index in [2.05, 4.69) is 10.3 Å². The molecule has 1 aliphatic rings. The number of hydrogen-bond donors (Lipinski definition) is 1. The maximum atomic E-state index is 13.0. The number of nitrogens with one attached hydrogen (secondary N) is 1. The minimum atomic E-state index is -4.52. The Morgan fingerprint density at radius 1 is 1.08 bits per heavy atom. The number of rotatable bonds is 2. The summed E-state index contributed by atoms with van der Waals surface area (Å²) in [6.45, 7) is 0. The van der Waals surface area contributed by atoms with Crippen LogP contribution in [0.15, 0.2) is 58.4 Å². The maximum Gasteiger partial charge on any atom is 0.418 e. The van der Waals surface area contributed by atoms with E-state index in [1.807, 2.05) is 0 Å². The third-order valence-corrected chi connectivity index (χ3v) is 4.53. The van der Waals surface area contributed by atoms with Crippen molar-refractivity contribution in [3.63, 3.8) is 0 Å². The first-order valence-corrected chi connectivity index (χ1v) is 8.24. The summed E-state index contributed by atoms with van der Waals surface area (Å²) in [5.74, 6) is -0.437. The van der Waals surface area contributed by atoms with E-state index in [4.69, 9.17) is 11.6 Å². The van der Waals surface area contributed by atoms with Gasteiger partial charge in [0.25, 0.3) is 5.91 Å². The standard InChI is InChI=1S/C17H10ClF3N2OS/c18-12-7-3-1-5-10(12)9-14-15(24)23-16(25-14)22-13-8-4-2-6-11(13)17(19,20)21/h1-9H,(H,22,23,24). The first-order chi connectivity index (χ1) is 11.8. The second kappa shape index (κ2) is 6.93. The summed E-state index contributed by atoms with van der Waals surface area (Å²) < 4.78 is 39.1. The fraction of sp³-hybridized carbons (Fsp3) is 0.0588. The number of carbonyl (C=O) groups excluding carboxylic acids is 1. The van der Waals surface area contributed by atoms with Crippen LogP contribution in [0.25, 0.3) is 6.08 Å². The van der Waals surface area contributed by atoms with E-state index in [1.165, 1.54) is 18.2 Å². The Kier molecular flexibility index (Phi) is 4.87. The topological polar surface area (TPSA) is 41.5 Å². The largest absolute Gasteiger partial charge is 0.418 e. The average molecular weight is 383 g/mol. The van der Waals surface area contributed by atoms with Crippen LogP contribution in [-0.4, -0.2) is 11.1 Å². The Balaban J connectivity index is 1.91. The van der Waals surface area contributed by atoms with E-state index >= 15 is 0 Å². The monoisotopic (exact) mass is 382 g/mol. The third kappa shape index (κ3) is 4.05. The Bertz CT molecular complexity index is 893. The number of para-hydroxylation sites is 1. The number of amides is 1. The van der Waals surface area contributed by atoms with E-state index in [1.54, 1.807) is 30.3 Å². The SMILES string of the molecule is O=C1NC(=Nc2ccccc2C(F)(F)F)SC1=Cc1ccccc1Cl. The van der Waals surface area contributed by atoms with Gasteiger partial charge in [0.1, 0.15) is 0 Å². The van der Waals surface area contributed by atoms with Crippen LogP contribution in [0, 0.1) is 0 Å². The molecule has 0 radical (unpaired) electrons. The van der Waals surface area contributed by atoms with Gasteiger partial charge >= 0.3 is 6.18 Å². The molecule has 0 atom stereocenters. The minimum Gasteiger partial charge on any atom is -0.300 e. The fourth-order valence-electron chi connectivity index (χ4n) is 2.13. The average Bonchev–Trinajstić information content (AvgIpc) is 2.88. The molecule has 0 spiro atoms. The van der Waals surface area contributed by atoms with E-state index in [0.29, 0.717) is 15.5 Å². The molecular formula is C17H10ClF3N2OS. The highest BCUT2D eigenvalue weighted by atomic mass is 35.5. The van der Waals surface area contributed by atoms with Gasteiger partial charge in [0.15, 0.2) is 5.17 Å². The molecule has 1 heterocycles. The van der Waals surface area contributed by atoms with Crippen LogP contribution in [0.4, 0.5) is 18.9 Å². The van der Waals surface area contributed by atoms with Gasteiger partial charge in [-0.25, -0.2) is 4.99 Å². The molecule has 1 fully saturated rings. The molecular weight excluding hydrogens is 373 g/mol. The van der Waals surface area contributed by atoms with Gasteiger partial charge in [-0.05, 0) is 41.6 Å². The molecule has 3 rings (SSSR count). The Hall–Kier alpha value is -2.25. The number of thioether (sulfide) groups is 1. The van der Waals surface area contributed by atoms with Gasteiger partial charge in [0.2, 0.25) is 0 Å². The van der Waals surface area contributed by atoms with Crippen molar-refractivity contribution in [1.82, 2.24) is 5.32 Å². The number of hydrogen-bond acceptors (Lipinski definition) is 3. The molecule has 0 aromatic heterocycles. The lowest BCUT2D eigenvalue weighted by atomic mass is 10.2. The van der Waals surface area contributed by atoms with Gasteiger partial charge in [-0.3, -0.25) is 4.79 Å². The van der Waals surface area contributed by atoms with Crippen molar-refractivity contribution in [2.24, 2.45) is 4.99 Å². The zero-order chi connectivity index (χ0) is 18.0. The molecule has 0 aliphatic carbocycles. The highest BCUT2D eigenvalue weighted by Crippen LogP contribution is 2.37. The number of carbonyl (C=O) groups is 1. The van der Waals surface area contributed by atoms with Crippen LogP contribution in [-0.2, 0) is 11.0 Å². The zero-order valence-corrected chi connectivity index (χ0v) is 14.0. The first-order valence-electron chi connectivity index (χ1n) is 7.05. The molecule has 0 saturated carbocycles. The second-order valence-electron chi connectivity index (χ2n) is 5.02. The predicted molar refractivity (Wildman–Crippen MR) is 93.7 cm³/mol. The van der Waals surface area contributed by atoms with Crippen LogP contribution >= 0.6 is 23.4 Å². The smallest absolute Gasteiger partial charge is 0.300 e. The molecule has 1 saturated heterocycles. The number of benzene rings is 2. The summed E-state index contributed by atoms with van der Waals surface area (Å²) in [5, 5.41) is 3.02. The van der Waals surface area contributed by atoms with Gasteiger partial charge in [0, 0.05) is 5.02 Å². The van der Waals surface area contributed by atoms with E-state index in [-0.39, 0.29) is 10.9 Å². The van der Waals surface area contributed by atoms with Gasteiger partial charge < -0.3 is 5.32 Å². The summed E-state index contributed by atoms with van der Waals surface area (Å²) in [6.07, 6.45) is -2.95. The molecule has 128 valence electrons. The predicted octanol–water partition coefficient (Wildman–Crippen LogP) is 5.25. The van der Waals surface area contributed by atoms with Gasteiger partial charge in [-0.15, -0.1) is 0 Å². The Labute approximate surface area is 150 Å². The second-order valence-corrected chi connectivity index (χ2v) is 6.46. The van der Waals surface area contributed by atoms with Crippen LogP contribution in [0.2, 0.25) is 5.02 Å². The molecule has 3 nitrogen and oxygen atoms in total. The van der Waals surface area contributed by atoms with Crippen LogP contribution < -0.4 is 5.32 Å². The van der Waals surface area contributed by atoms with Crippen molar-refractivity contribution in [3.8, 4) is 0 Å². The third-order valence-electron chi connectivity index (χ3n) is 3.27. The van der Waals surface area contributed by atoms with Crippen molar-refractivity contribution < 1.29 is 18.0 Å². The molecule has 2 aromatic carbocycles. The van der Waals surface area contributed by atoms with Gasteiger partial charge in [-0.2, -0.15) is 13.2 Å². The molecule has 25 heavy (non-hydrogen) atoms. The number of halogens is 4. The van der Waals surface area contributed by atoms with Crippen LogP contribution in [0.3, 0.4) is 0 Å². The number of aliphatic imine (C=N–C) groups is 1. The number of nitrogens with zero attached hydrogens (tertiary/aromatic N) is 1. The highest BCUT2D eigenvalue weighted by molar-refractivity contribution is 8.18. The molecule has 8 heteroatoms. The minimum absolute atomic E-state index is 0.0833. The molecule has 0 bridgehead atoms. The lowest BCUT2D eigenvalue weighted by molar-refractivity contribution is -0.137. The summed E-state index contributed by atoms with van der Waals surface area (Å²) in [4.78, 5) is 16.3. The fourth-order valence-corrected chi connectivity index (χ4v) is 3.15. The van der Waals surface area contributed by atoms with E-state index in [0.717, 1.165) is 17.8 Å². The summed E-state index contributed by atoms with van der Waals surface area (Å²) >= 11 is 7.01. The lowest BCUT2D eigenvalue weighted by Crippen LogP contribution is -2.19. The van der Waals surface area contributed by atoms with Crippen LogP contribution in [0.1, 0.15) is 11.1 Å². The quantitative estimate of drug-likeness (QED) is 0.721. The lowest BCUT2D eigenvalue weighted by Gasteiger charge is -2.09. The molecule has 1 amide bonds. The maximum absolute atomic E-state index is 13.0. The highest BCUT2D eigenvalue weighted by Gasteiger charge is 2.34. The van der Waals surface area contributed by atoms with Gasteiger partial charge in [-0.1, -0.05) is 41.9 Å². The molecule has 1 N–H and O–H groups in total. The summed E-state index contributed by atoms with van der Waals surface area (Å²) in [7, 11) is 0. The van der Waals surface area contributed by atoms with E-state index < -0.39 is 17.6 Å². The number of amidine groups is 1.